The van der Waals surface area contributed by atoms with Crippen LogP contribution in [0.15, 0.2) is 12.7 Å². The van der Waals surface area contributed by atoms with Crippen LogP contribution >= 0.6 is 0 Å². The van der Waals surface area contributed by atoms with Gasteiger partial charge >= 0.3 is 5.97 Å². The van der Waals surface area contributed by atoms with Crippen molar-refractivity contribution in [1.82, 2.24) is 19.5 Å². The van der Waals surface area contributed by atoms with E-state index in [4.69, 9.17) is 10.8 Å². The predicted molar refractivity (Wildman–Crippen MR) is 59.4 cm³/mol. The summed E-state index contributed by atoms with van der Waals surface area (Å²) in [7, 11) is 0. The Balaban J connectivity index is 2.27. The molecule has 2 atom stereocenters. The number of nitrogens with two attached hydrogens (primary N) is 1. The second kappa shape index (κ2) is 4.55. The first-order valence-corrected chi connectivity index (χ1v) is 5.01. The zero-order chi connectivity index (χ0) is 13.3. The molecule has 0 saturated carbocycles. The van der Waals surface area contributed by atoms with Gasteiger partial charge in [-0.2, -0.15) is 0 Å². The molecule has 0 aromatic carbocycles. The Bertz CT molecular complexity index is 583. The van der Waals surface area contributed by atoms with Gasteiger partial charge in [-0.05, 0) is 0 Å². The van der Waals surface area contributed by atoms with E-state index >= 15 is 0 Å². The van der Waals surface area contributed by atoms with E-state index in [0.717, 1.165) is 0 Å². The molecule has 0 unspecified atom stereocenters. The first-order valence-electron chi connectivity index (χ1n) is 5.01. The van der Waals surface area contributed by atoms with E-state index in [1.165, 1.54) is 17.2 Å². The van der Waals surface area contributed by atoms with E-state index in [1.54, 1.807) is 0 Å². The summed E-state index contributed by atoms with van der Waals surface area (Å²) in [6.45, 7) is -0.166. The predicted octanol–water partition coefficient (Wildman–Crippen LogP) is -1.79. The molecule has 2 rings (SSSR count). The summed E-state index contributed by atoms with van der Waals surface area (Å²) in [5.41, 5.74) is 6.29. The molecule has 0 bridgehead atoms. The first kappa shape index (κ1) is 12.2. The Kier molecular flexibility index (Phi) is 3.08. The molecule has 0 fully saturated rings. The Labute approximate surface area is 101 Å². The zero-order valence-corrected chi connectivity index (χ0v) is 9.13. The highest BCUT2D eigenvalue weighted by Gasteiger charge is 2.24. The number of hydrogen-bond acceptors (Lipinski definition) is 7. The maximum atomic E-state index is 10.5. The molecule has 96 valence electrons. The molecule has 18 heavy (non-hydrogen) atoms. The van der Waals surface area contributed by atoms with Gasteiger partial charge in [0.25, 0.3) is 0 Å². The van der Waals surface area contributed by atoms with Gasteiger partial charge in [-0.15, -0.1) is 0 Å². The van der Waals surface area contributed by atoms with E-state index in [-0.39, 0.29) is 12.4 Å². The largest absolute Gasteiger partial charge is 0.479 e. The maximum Gasteiger partial charge on any atom is 0.335 e. The van der Waals surface area contributed by atoms with Gasteiger partial charge in [0.1, 0.15) is 17.9 Å². The average molecular weight is 253 g/mol. The highest BCUT2D eigenvalue weighted by atomic mass is 16.4. The van der Waals surface area contributed by atoms with Gasteiger partial charge < -0.3 is 25.6 Å². The lowest BCUT2D eigenvalue weighted by Crippen LogP contribution is -2.36. The molecular formula is C9H11N5O4. The SMILES string of the molecule is Nc1ncnc2c1ncn2C[C@H](O)[C@H](O)C(=O)O. The standard InChI is InChI=1S/C9H11N5O4/c10-7-5-8(12-2-11-7)14(3-13-5)1-4(15)6(16)9(17)18/h2-4,6,15-16H,1H2,(H,17,18)(H2,10,11,12)/t4-,6-/m0/s1. The number of carbonyl (C=O) groups is 1. The van der Waals surface area contributed by atoms with Crippen LogP contribution in [0.4, 0.5) is 5.82 Å². The number of aliphatic hydroxyl groups excluding tert-OH is 2. The number of aliphatic carboxylic acids is 1. The van der Waals surface area contributed by atoms with Crippen LogP contribution in [0.1, 0.15) is 0 Å². The van der Waals surface area contributed by atoms with Crippen molar-refractivity contribution in [3.05, 3.63) is 12.7 Å². The minimum atomic E-state index is -1.87. The quantitative estimate of drug-likeness (QED) is 0.499. The molecule has 0 amide bonds. The monoisotopic (exact) mass is 253 g/mol. The van der Waals surface area contributed by atoms with Crippen LogP contribution in [0.25, 0.3) is 11.2 Å². The Hall–Kier alpha value is -2.26. The molecular weight excluding hydrogens is 242 g/mol. The van der Waals surface area contributed by atoms with Crippen molar-refractivity contribution >= 4 is 23.0 Å². The van der Waals surface area contributed by atoms with Gasteiger partial charge in [0, 0.05) is 0 Å². The smallest absolute Gasteiger partial charge is 0.335 e. The Morgan fingerprint density at radius 1 is 1.39 bits per heavy atom. The summed E-state index contributed by atoms with van der Waals surface area (Å²) in [5, 5.41) is 27.3. The molecule has 2 aromatic heterocycles. The van der Waals surface area contributed by atoms with Gasteiger partial charge in [0.2, 0.25) is 0 Å². The van der Waals surface area contributed by atoms with Gasteiger partial charge in [-0.25, -0.2) is 19.7 Å². The van der Waals surface area contributed by atoms with Crippen LogP contribution in [0.3, 0.4) is 0 Å². The zero-order valence-electron chi connectivity index (χ0n) is 9.13. The lowest BCUT2D eigenvalue weighted by molar-refractivity contribution is -0.153. The molecule has 2 aromatic rings. The molecule has 9 heteroatoms. The summed E-state index contributed by atoms with van der Waals surface area (Å²) in [6.07, 6.45) is -0.777. The summed E-state index contributed by atoms with van der Waals surface area (Å²) >= 11 is 0. The topological polar surface area (TPSA) is 147 Å². The molecule has 2 heterocycles. The molecule has 0 aliphatic heterocycles. The van der Waals surface area contributed by atoms with Crippen molar-refractivity contribution in [3.63, 3.8) is 0 Å². The molecule has 5 N–H and O–H groups in total. The van der Waals surface area contributed by atoms with Crippen LogP contribution in [-0.2, 0) is 11.3 Å². The van der Waals surface area contributed by atoms with E-state index in [0.29, 0.717) is 11.2 Å². The van der Waals surface area contributed by atoms with Crippen molar-refractivity contribution < 1.29 is 20.1 Å². The first-order chi connectivity index (χ1) is 8.50. The number of anilines is 1. The number of nitrogens with zero attached hydrogens (tertiary/aromatic N) is 4. The van der Waals surface area contributed by atoms with E-state index in [2.05, 4.69) is 15.0 Å². The van der Waals surface area contributed by atoms with Gasteiger partial charge in [0.05, 0.1) is 12.9 Å². The summed E-state index contributed by atoms with van der Waals surface area (Å²) in [4.78, 5) is 22.1. The highest BCUT2D eigenvalue weighted by Crippen LogP contribution is 2.14. The van der Waals surface area contributed by atoms with Crippen LogP contribution in [0.5, 0.6) is 0 Å². The van der Waals surface area contributed by atoms with Crippen molar-refractivity contribution in [2.24, 2.45) is 0 Å². The number of aliphatic hydroxyl groups is 2. The van der Waals surface area contributed by atoms with Crippen molar-refractivity contribution in [2.45, 2.75) is 18.8 Å². The van der Waals surface area contributed by atoms with Crippen molar-refractivity contribution in [1.29, 1.82) is 0 Å². The Morgan fingerprint density at radius 3 is 2.78 bits per heavy atom. The minimum absolute atomic E-state index is 0.166. The van der Waals surface area contributed by atoms with Gasteiger partial charge in [0.15, 0.2) is 17.6 Å². The summed E-state index contributed by atoms with van der Waals surface area (Å²) in [5.74, 6) is -1.31. The lowest BCUT2D eigenvalue weighted by atomic mass is 10.2. The summed E-state index contributed by atoms with van der Waals surface area (Å²) < 4.78 is 1.39. The van der Waals surface area contributed by atoms with Crippen LogP contribution in [0.2, 0.25) is 0 Å². The average Bonchev–Trinajstić information content (AvgIpc) is 2.73. The van der Waals surface area contributed by atoms with Crippen LogP contribution < -0.4 is 5.73 Å². The molecule has 9 nitrogen and oxygen atoms in total. The number of fused-ring (bicyclic) bond motifs is 1. The molecule has 0 radical (unpaired) electrons. The van der Waals surface area contributed by atoms with Crippen LogP contribution in [0, 0.1) is 0 Å². The number of hydrogen-bond donors (Lipinski definition) is 4. The second-order valence-electron chi connectivity index (χ2n) is 3.68. The second-order valence-corrected chi connectivity index (χ2v) is 3.68. The number of nitrogen functional groups attached to an aromatic ring is 1. The van der Waals surface area contributed by atoms with E-state index in [9.17, 15) is 15.0 Å². The maximum absolute atomic E-state index is 10.5. The number of imidazole rings is 1. The number of carboxylic acids is 1. The molecule has 0 spiro atoms. The lowest BCUT2D eigenvalue weighted by Gasteiger charge is -2.14. The van der Waals surface area contributed by atoms with Crippen molar-refractivity contribution in [2.75, 3.05) is 5.73 Å². The molecule has 0 aliphatic rings. The Morgan fingerprint density at radius 2 is 2.11 bits per heavy atom. The molecule has 0 aliphatic carbocycles. The minimum Gasteiger partial charge on any atom is -0.479 e. The summed E-state index contributed by atoms with van der Waals surface area (Å²) in [6, 6.07) is 0. The fourth-order valence-corrected chi connectivity index (χ4v) is 1.50. The van der Waals surface area contributed by atoms with Gasteiger partial charge in [-0.3, -0.25) is 0 Å². The van der Waals surface area contributed by atoms with E-state index in [1.807, 2.05) is 0 Å². The molecule has 0 saturated heterocycles. The normalized spacial score (nSPS) is 14.6. The van der Waals surface area contributed by atoms with Crippen LogP contribution in [-0.4, -0.2) is 53.0 Å². The van der Waals surface area contributed by atoms with E-state index < -0.39 is 18.2 Å². The number of aromatic nitrogens is 4. The fraction of sp³-hybridized carbons (Fsp3) is 0.333. The number of carboxylic acid groups (broad SMARTS) is 1. The number of rotatable bonds is 4. The highest BCUT2D eigenvalue weighted by molar-refractivity contribution is 5.81. The third kappa shape index (κ3) is 2.08. The third-order valence-corrected chi connectivity index (χ3v) is 2.43. The van der Waals surface area contributed by atoms with Gasteiger partial charge in [-0.1, -0.05) is 0 Å². The third-order valence-electron chi connectivity index (χ3n) is 2.43. The van der Waals surface area contributed by atoms with Crippen molar-refractivity contribution in [3.8, 4) is 0 Å². The fourth-order valence-electron chi connectivity index (χ4n) is 1.50.